The van der Waals surface area contributed by atoms with E-state index in [0.717, 1.165) is 30.9 Å². The van der Waals surface area contributed by atoms with Crippen LogP contribution in [-0.2, 0) is 16.6 Å². The molecule has 0 saturated carbocycles. The second kappa shape index (κ2) is 10.2. The molecule has 1 atom stereocenters. The second-order valence-corrected chi connectivity index (χ2v) is 11.6. The first-order valence-electron chi connectivity index (χ1n) is 11.4. The van der Waals surface area contributed by atoms with E-state index in [0.29, 0.717) is 27.9 Å². The molecule has 4 rings (SSSR count). The number of aromatic nitrogens is 1. The Morgan fingerprint density at radius 2 is 1.94 bits per heavy atom. The van der Waals surface area contributed by atoms with Gasteiger partial charge in [-0.25, -0.2) is 13.4 Å². The number of piperidine rings is 1. The van der Waals surface area contributed by atoms with E-state index in [4.69, 9.17) is 0 Å². The number of amides is 1. The first-order valence-corrected chi connectivity index (χ1v) is 13.7. The summed E-state index contributed by atoms with van der Waals surface area (Å²) in [5, 5.41) is 5.31. The van der Waals surface area contributed by atoms with E-state index in [-0.39, 0.29) is 10.8 Å². The molecular formula is C25H30N4O3S2. The van der Waals surface area contributed by atoms with E-state index < -0.39 is 10.0 Å². The van der Waals surface area contributed by atoms with Crippen molar-refractivity contribution < 1.29 is 13.2 Å². The minimum atomic E-state index is -3.84. The normalized spacial score (nSPS) is 16.9. The number of carbonyl (C=O) groups excluding carboxylic acids is 1. The van der Waals surface area contributed by atoms with Gasteiger partial charge in [-0.2, -0.15) is 0 Å². The second-order valence-electron chi connectivity index (χ2n) is 9.03. The molecule has 34 heavy (non-hydrogen) atoms. The molecule has 1 aliphatic rings. The first kappa shape index (κ1) is 24.4. The molecule has 0 aliphatic carbocycles. The van der Waals surface area contributed by atoms with Gasteiger partial charge >= 0.3 is 0 Å². The summed E-state index contributed by atoms with van der Waals surface area (Å²) in [6, 6.07) is 11.6. The number of benzene rings is 2. The summed E-state index contributed by atoms with van der Waals surface area (Å²) in [6.45, 7) is 8.89. The lowest BCUT2D eigenvalue weighted by molar-refractivity contribution is 0.102. The summed E-state index contributed by atoms with van der Waals surface area (Å²) < 4.78 is 28.3. The van der Waals surface area contributed by atoms with Gasteiger partial charge in [-0.1, -0.05) is 30.7 Å². The summed E-state index contributed by atoms with van der Waals surface area (Å²) in [5.74, 6) is 0.316. The van der Waals surface area contributed by atoms with Crippen molar-refractivity contribution in [1.29, 1.82) is 0 Å². The molecule has 1 amide bonds. The van der Waals surface area contributed by atoms with Gasteiger partial charge in [-0.15, -0.1) is 11.3 Å². The Balaban J connectivity index is 1.46. The number of anilines is 2. The molecule has 1 aliphatic heterocycles. The largest absolute Gasteiger partial charge is 0.298 e. The molecule has 1 unspecified atom stereocenters. The van der Waals surface area contributed by atoms with Crippen molar-refractivity contribution in [3.8, 4) is 0 Å². The van der Waals surface area contributed by atoms with Crippen molar-refractivity contribution in [2.75, 3.05) is 23.1 Å². The number of thiazole rings is 1. The summed E-state index contributed by atoms with van der Waals surface area (Å²) >= 11 is 1.38. The minimum Gasteiger partial charge on any atom is -0.298 e. The number of rotatable bonds is 7. The van der Waals surface area contributed by atoms with Gasteiger partial charge in [-0.05, 0) is 69.0 Å². The average molecular weight is 499 g/mol. The molecule has 1 fully saturated rings. The highest BCUT2D eigenvalue weighted by Crippen LogP contribution is 2.23. The zero-order valence-corrected chi connectivity index (χ0v) is 21.3. The van der Waals surface area contributed by atoms with Crippen LogP contribution in [-0.4, -0.2) is 37.3 Å². The summed E-state index contributed by atoms with van der Waals surface area (Å²) in [7, 11) is -3.84. The fourth-order valence-corrected chi connectivity index (χ4v) is 5.89. The van der Waals surface area contributed by atoms with Crippen molar-refractivity contribution in [3.05, 3.63) is 70.2 Å². The fraction of sp³-hybridized carbons (Fsp3) is 0.360. The van der Waals surface area contributed by atoms with Gasteiger partial charge in [-0.3, -0.25) is 19.7 Å². The van der Waals surface area contributed by atoms with Crippen LogP contribution in [0.2, 0.25) is 0 Å². The molecule has 3 aromatic rings. The maximum Gasteiger partial charge on any atom is 0.261 e. The highest BCUT2D eigenvalue weighted by atomic mass is 32.2. The van der Waals surface area contributed by atoms with Crippen molar-refractivity contribution in [2.24, 2.45) is 5.92 Å². The van der Waals surface area contributed by atoms with Crippen LogP contribution in [0.1, 0.15) is 46.9 Å². The minimum absolute atomic E-state index is 0.0304. The van der Waals surface area contributed by atoms with E-state index in [9.17, 15) is 13.2 Å². The number of sulfonamides is 1. The van der Waals surface area contributed by atoms with Gasteiger partial charge < -0.3 is 0 Å². The lowest BCUT2D eigenvalue weighted by atomic mass is 10.0. The molecular weight excluding hydrogens is 468 g/mol. The van der Waals surface area contributed by atoms with Crippen molar-refractivity contribution in [3.63, 3.8) is 0 Å². The van der Waals surface area contributed by atoms with Crippen LogP contribution in [0.25, 0.3) is 0 Å². The molecule has 0 bridgehead atoms. The molecule has 2 heterocycles. The topological polar surface area (TPSA) is 91.4 Å². The number of nitrogens with zero attached hydrogens (tertiary/aromatic N) is 2. The molecule has 7 nitrogen and oxygen atoms in total. The number of hydrogen-bond donors (Lipinski definition) is 2. The molecule has 2 aromatic carbocycles. The monoisotopic (exact) mass is 498 g/mol. The summed E-state index contributed by atoms with van der Waals surface area (Å²) in [4.78, 5) is 20.0. The Morgan fingerprint density at radius 1 is 1.18 bits per heavy atom. The SMILES string of the molecule is Cc1ccc(NS(=O)(=O)c2ccc(C)c(C(=O)Nc3nc(CN4CCCC(C)C4)cs3)c2)cc1. The first-order chi connectivity index (χ1) is 16.2. The van der Waals surface area contributed by atoms with Crippen LogP contribution < -0.4 is 10.0 Å². The fourth-order valence-electron chi connectivity index (χ4n) is 4.11. The maximum atomic E-state index is 13.0. The average Bonchev–Trinajstić information content (AvgIpc) is 3.22. The Hall–Kier alpha value is -2.75. The highest BCUT2D eigenvalue weighted by Gasteiger charge is 2.20. The predicted molar refractivity (Wildman–Crippen MR) is 137 cm³/mol. The van der Waals surface area contributed by atoms with Crippen molar-refractivity contribution in [1.82, 2.24) is 9.88 Å². The van der Waals surface area contributed by atoms with E-state index in [1.807, 2.05) is 24.4 Å². The smallest absolute Gasteiger partial charge is 0.261 e. The third-order valence-corrected chi connectivity index (χ3v) is 8.15. The molecule has 2 N–H and O–H groups in total. The molecule has 0 radical (unpaired) electrons. The lowest BCUT2D eigenvalue weighted by Gasteiger charge is -2.30. The van der Waals surface area contributed by atoms with Gasteiger partial charge in [0, 0.05) is 29.7 Å². The van der Waals surface area contributed by atoms with Crippen molar-refractivity contribution in [2.45, 2.75) is 45.1 Å². The molecule has 180 valence electrons. The van der Waals surface area contributed by atoms with Gasteiger partial charge in [0.05, 0.1) is 10.6 Å². The molecule has 0 spiro atoms. The zero-order chi connectivity index (χ0) is 24.3. The Kier molecular flexibility index (Phi) is 7.35. The molecule has 1 aromatic heterocycles. The van der Waals surface area contributed by atoms with Gasteiger partial charge in [0.1, 0.15) is 0 Å². The Morgan fingerprint density at radius 3 is 2.68 bits per heavy atom. The van der Waals surface area contributed by atoms with E-state index >= 15 is 0 Å². The molecule has 1 saturated heterocycles. The number of aryl methyl sites for hydroxylation is 2. The third-order valence-electron chi connectivity index (χ3n) is 5.97. The summed E-state index contributed by atoms with van der Waals surface area (Å²) in [6.07, 6.45) is 2.47. The van der Waals surface area contributed by atoms with Gasteiger partial charge in [0.2, 0.25) is 0 Å². The zero-order valence-electron chi connectivity index (χ0n) is 19.7. The highest BCUT2D eigenvalue weighted by molar-refractivity contribution is 7.92. The predicted octanol–water partition coefficient (Wildman–Crippen LogP) is 5.04. The van der Waals surface area contributed by atoms with Crippen LogP contribution in [0.5, 0.6) is 0 Å². The van der Waals surface area contributed by atoms with Crippen LogP contribution in [0.15, 0.2) is 52.7 Å². The standard InChI is InChI=1S/C25H30N4O3S2/c1-17-6-9-20(10-7-17)28-34(31,32)22-11-8-19(3)23(13-22)24(30)27-25-26-21(16-33-25)15-29-12-4-5-18(2)14-29/h6-11,13,16,18,28H,4-5,12,14-15H2,1-3H3,(H,26,27,30). The number of nitrogens with one attached hydrogen (secondary N) is 2. The number of carbonyl (C=O) groups is 1. The van der Waals surface area contributed by atoms with E-state index in [1.54, 1.807) is 25.1 Å². The summed E-state index contributed by atoms with van der Waals surface area (Å²) in [5.41, 5.74) is 3.42. The van der Waals surface area contributed by atoms with Crippen LogP contribution >= 0.6 is 11.3 Å². The Bertz CT molecular complexity index is 1270. The molecule has 9 heteroatoms. The lowest BCUT2D eigenvalue weighted by Crippen LogP contribution is -2.33. The quantitative estimate of drug-likeness (QED) is 0.476. The number of likely N-dealkylation sites (tertiary alicyclic amines) is 1. The third kappa shape index (κ3) is 6.02. The van der Waals surface area contributed by atoms with Gasteiger partial charge in [0.15, 0.2) is 5.13 Å². The van der Waals surface area contributed by atoms with Crippen LogP contribution in [0.4, 0.5) is 10.8 Å². The van der Waals surface area contributed by atoms with E-state index in [1.165, 1.54) is 36.3 Å². The van der Waals surface area contributed by atoms with Crippen molar-refractivity contribution >= 4 is 38.1 Å². The maximum absolute atomic E-state index is 13.0. The van der Waals surface area contributed by atoms with Gasteiger partial charge in [0.25, 0.3) is 15.9 Å². The van der Waals surface area contributed by atoms with Crippen LogP contribution in [0.3, 0.4) is 0 Å². The van der Waals surface area contributed by atoms with Crippen LogP contribution in [0, 0.1) is 19.8 Å². The number of hydrogen-bond acceptors (Lipinski definition) is 6. The Labute approximate surface area is 205 Å². The van der Waals surface area contributed by atoms with E-state index in [2.05, 4.69) is 26.8 Å².